The van der Waals surface area contributed by atoms with Gasteiger partial charge >= 0.3 is 0 Å². The smallest absolute Gasteiger partial charge is 0.178 e. The quantitative estimate of drug-likeness (QED) is 0.179. The number of hydrogen-bond donors (Lipinski definition) is 0. The summed E-state index contributed by atoms with van der Waals surface area (Å²) in [6.45, 7) is 0. The van der Waals surface area contributed by atoms with Crippen molar-refractivity contribution in [3.8, 4) is 45.2 Å². The summed E-state index contributed by atoms with van der Waals surface area (Å²) < 4.78 is 0. The molecule has 5 heterocycles. The maximum absolute atomic E-state index is 5.15. The number of hydrogen-bond acceptors (Lipinski definition) is 6. The molecule has 0 N–H and O–H groups in total. The highest BCUT2D eigenvalue weighted by atomic mass is 14.9. The molecule has 0 aliphatic carbocycles. The lowest BCUT2D eigenvalue weighted by molar-refractivity contribution is 1.15. The molecule has 0 bridgehead atoms. The van der Waals surface area contributed by atoms with Crippen LogP contribution in [0.15, 0.2) is 158 Å². The second-order valence-corrected chi connectivity index (χ2v) is 12.4. The maximum atomic E-state index is 5.15. The van der Waals surface area contributed by atoms with Crippen molar-refractivity contribution in [1.29, 1.82) is 0 Å². The number of rotatable bonds is 4. The minimum atomic E-state index is 0.623. The standard InChI is InChI=1S/C44H26N6/c1-2-7-34-33(6-1)35(15-16-36(34)40-19-10-28-9-8-27-5-3-22-45-42(27)43(28)50-40)39-20-13-31-25-29(11-17-37(31)48-39)30-12-18-38-32(26-30)14-21-41(49-38)44-46-23-4-24-47-44/h1-26H. The summed E-state index contributed by atoms with van der Waals surface area (Å²) in [7, 11) is 0. The number of nitrogens with zero attached hydrogens (tertiary/aromatic N) is 6. The molecule has 10 rings (SSSR count). The molecule has 0 aliphatic rings. The van der Waals surface area contributed by atoms with Crippen molar-refractivity contribution in [2.24, 2.45) is 0 Å². The van der Waals surface area contributed by atoms with Crippen LogP contribution >= 0.6 is 0 Å². The van der Waals surface area contributed by atoms with Gasteiger partial charge < -0.3 is 0 Å². The normalized spacial score (nSPS) is 11.6. The van der Waals surface area contributed by atoms with Crippen LogP contribution < -0.4 is 0 Å². The lowest BCUT2D eigenvalue weighted by Crippen LogP contribution is -1.92. The summed E-state index contributed by atoms with van der Waals surface area (Å²) in [5.41, 5.74) is 10.7. The van der Waals surface area contributed by atoms with E-state index in [-0.39, 0.29) is 0 Å². The minimum absolute atomic E-state index is 0.623. The summed E-state index contributed by atoms with van der Waals surface area (Å²) in [6, 6.07) is 48.3. The molecule has 6 nitrogen and oxygen atoms in total. The predicted octanol–water partition coefficient (Wildman–Crippen LogP) is 10.5. The van der Waals surface area contributed by atoms with Crippen molar-refractivity contribution in [2.45, 2.75) is 0 Å². The average Bonchev–Trinajstić information content (AvgIpc) is 3.19. The Morgan fingerprint density at radius 3 is 1.56 bits per heavy atom. The van der Waals surface area contributed by atoms with Crippen LogP contribution in [0, 0.1) is 0 Å². The van der Waals surface area contributed by atoms with Gasteiger partial charge in [0.15, 0.2) is 5.82 Å². The first kappa shape index (κ1) is 28.1. The molecule has 5 aromatic carbocycles. The largest absolute Gasteiger partial charge is 0.254 e. The third kappa shape index (κ3) is 4.73. The van der Waals surface area contributed by atoms with Gasteiger partial charge in [0.2, 0.25) is 0 Å². The lowest BCUT2D eigenvalue weighted by Gasteiger charge is -2.13. The molecular weight excluding hydrogens is 613 g/mol. The monoisotopic (exact) mass is 638 g/mol. The number of aromatic nitrogens is 6. The fourth-order valence-corrected chi connectivity index (χ4v) is 6.94. The van der Waals surface area contributed by atoms with E-state index in [4.69, 9.17) is 15.0 Å². The Morgan fingerprint density at radius 1 is 0.340 bits per heavy atom. The Bertz CT molecular complexity index is 2940. The summed E-state index contributed by atoms with van der Waals surface area (Å²) in [5, 5.41) is 6.59. The molecule has 0 radical (unpaired) electrons. The molecule has 0 saturated carbocycles. The highest BCUT2D eigenvalue weighted by Crippen LogP contribution is 2.37. The molecule has 232 valence electrons. The minimum Gasteiger partial charge on any atom is -0.254 e. The predicted molar refractivity (Wildman–Crippen MR) is 202 cm³/mol. The Kier molecular flexibility index (Phi) is 6.39. The Balaban J connectivity index is 1.01. The molecule has 0 spiro atoms. The van der Waals surface area contributed by atoms with Gasteiger partial charge in [-0.25, -0.2) is 24.9 Å². The Hall–Kier alpha value is -6.92. The SMILES string of the molecule is c1cnc(-c2ccc3cc(-c4ccc5nc(-c6ccc(-c7ccc8ccc9cccnc9c8n7)c7ccccc67)ccc5c4)ccc3n2)nc1. The number of pyridine rings is 4. The molecule has 0 saturated heterocycles. The van der Waals surface area contributed by atoms with Crippen molar-refractivity contribution in [3.05, 3.63) is 158 Å². The molecular formula is C44H26N6. The number of benzene rings is 5. The summed E-state index contributed by atoms with van der Waals surface area (Å²) in [6.07, 6.45) is 5.30. The van der Waals surface area contributed by atoms with Crippen molar-refractivity contribution >= 4 is 54.4 Å². The van der Waals surface area contributed by atoms with Crippen molar-refractivity contribution in [3.63, 3.8) is 0 Å². The van der Waals surface area contributed by atoms with E-state index >= 15 is 0 Å². The molecule has 50 heavy (non-hydrogen) atoms. The topological polar surface area (TPSA) is 77.3 Å². The van der Waals surface area contributed by atoms with Gasteiger partial charge in [-0.2, -0.15) is 0 Å². The van der Waals surface area contributed by atoms with E-state index in [1.807, 2.05) is 18.3 Å². The molecule has 6 heteroatoms. The fourth-order valence-electron chi connectivity index (χ4n) is 6.94. The van der Waals surface area contributed by atoms with Gasteiger partial charge in [0.25, 0.3) is 0 Å². The first-order valence-corrected chi connectivity index (χ1v) is 16.5. The van der Waals surface area contributed by atoms with Crippen molar-refractivity contribution in [2.75, 3.05) is 0 Å². The van der Waals surface area contributed by atoms with Gasteiger partial charge in [0.1, 0.15) is 5.69 Å². The second-order valence-electron chi connectivity index (χ2n) is 12.4. The molecule has 0 fully saturated rings. The van der Waals surface area contributed by atoms with Crippen LogP contribution in [0.25, 0.3) is 99.5 Å². The van der Waals surface area contributed by atoms with Gasteiger partial charge in [-0.15, -0.1) is 0 Å². The van der Waals surface area contributed by atoms with E-state index in [1.54, 1.807) is 18.5 Å². The van der Waals surface area contributed by atoms with Crippen LogP contribution in [-0.4, -0.2) is 29.9 Å². The second kappa shape index (κ2) is 11.4. The highest BCUT2D eigenvalue weighted by molar-refractivity contribution is 6.07. The van der Waals surface area contributed by atoms with E-state index in [0.29, 0.717) is 5.82 Å². The van der Waals surface area contributed by atoms with Gasteiger partial charge in [-0.05, 0) is 76.5 Å². The molecule has 0 atom stereocenters. The van der Waals surface area contributed by atoms with Crippen LogP contribution in [-0.2, 0) is 0 Å². The van der Waals surface area contributed by atoms with Crippen molar-refractivity contribution in [1.82, 2.24) is 29.9 Å². The van der Waals surface area contributed by atoms with Crippen molar-refractivity contribution < 1.29 is 0 Å². The van der Waals surface area contributed by atoms with Crippen LogP contribution in [0.2, 0.25) is 0 Å². The Labute approximate surface area is 286 Å². The zero-order valence-corrected chi connectivity index (χ0v) is 26.7. The molecule has 0 aliphatic heterocycles. The van der Waals surface area contributed by atoms with Crippen LogP contribution in [0.3, 0.4) is 0 Å². The first-order chi connectivity index (χ1) is 24.7. The molecule has 5 aromatic heterocycles. The Morgan fingerprint density at radius 2 is 0.880 bits per heavy atom. The third-order valence-corrected chi connectivity index (χ3v) is 9.41. The van der Waals surface area contributed by atoms with E-state index < -0.39 is 0 Å². The van der Waals surface area contributed by atoms with E-state index in [0.717, 1.165) is 93.7 Å². The highest BCUT2D eigenvalue weighted by Gasteiger charge is 2.14. The molecule has 0 unspecified atom stereocenters. The van der Waals surface area contributed by atoms with Gasteiger partial charge in [-0.3, -0.25) is 4.98 Å². The lowest BCUT2D eigenvalue weighted by atomic mass is 9.95. The van der Waals surface area contributed by atoms with Gasteiger partial charge in [0.05, 0.1) is 33.5 Å². The fraction of sp³-hybridized carbons (Fsp3) is 0. The third-order valence-electron chi connectivity index (χ3n) is 9.41. The molecule has 0 amide bonds. The van der Waals surface area contributed by atoms with Crippen LogP contribution in [0.5, 0.6) is 0 Å². The van der Waals surface area contributed by atoms with E-state index in [9.17, 15) is 0 Å². The van der Waals surface area contributed by atoms with Crippen LogP contribution in [0.1, 0.15) is 0 Å². The summed E-state index contributed by atoms with van der Waals surface area (Å²) in [4.78, 5) is 28.4. The van der Waals surface area contributed by atoms with Crippen LogP contribution in [0.4, 0.5) is 0 Å². The summed E-state index contributed by atoms with van der Waals surface area (Å²) in [5.74, 6) is 0.623. The van der Waals surface area contributed by atoms with E-state index in [1.165, 1.54) is 0 Å². The zero-order chi connectivity index (χ0) is 33.0. The maximum Gasteiger partial charge on any atom is 0.178 e. The van der Waals surface area contributed by atoms with Gasteiger partial charge in [-0.1, -0.05) is 84.9 Å². The zero-order valence-electron chi connectivity index (χ0n) is 26.7. The number of fused-ring (bicyclic) bond motifs is 6. The first-order valence-electron chi connectivity index (χ1n) is 16.5. The summed E-state index contributed by atoms with van der Waals surface area (Å²) >= 11 is 0. The van der Waals surface area contributed by atoms with E-state index in [2.05, 4.69) is 136 Å². The molecule has 10 aromatic rings. The average molecular weight is 639 g/mol. The van der Waals surface area contributed by atoms with Gasteiger partial charge in [0, 0.05) is 51.3 Å².